The van der Waals surface area contributed by atoms with Crippen LogP contribution in [-0.4, -0.2) is 18.5 Å². The Morgan fingerprint density at radius 1 is 1.38 bits per heavy atom. The summed E-state index contributed by atoms with van der Waals surface area (Å²) in [7, 11) is 1.00. The minimum atomic E-state index is 0.551. The number of carbonyl (C=O) groups is 1. The predicted octanol–water partition coefficient (Wildman–Crippen LogP) is 0.980. The molecule has 0 fully saturated rings. The highest BCUT2D eigenvalue weighted by Crippen LogP contribution is 2.20. The summed E-state index contributed by atoms with van der Waals surface area (Å²) < 4.78 is 0.790. The highest BCUT2D eigenvalue weighted by Gasteiger charge is 2.01. The third-order valence-electron chi connectivity index (χ3n) is 1.59. The van der Waals surface area contributed by atoms with Crippen molar-refractivity contribution in [3.63, 3.8) is 0 Å². The van der Waals surface area contributed by atoms with Crippen molar-refractivity contribution >= 4 is 27.9 Å². The minimum absolute atomic E-state index is 0.551. The Bertz CT molecular complexity index is 369. The third-order valence-corrected chi connectivity index (χ3v) is 2.04. The van der Waals surface area contributed by atoms with Crippen molar-refractivity contribution in [3.8, 4) is 0 Å². The van der Waals surface area contributed by atoms with Gasteiger partial charge in [-0.05, 0) is 18.2 Å². The van der Waals surface area contributed by atoms with Crippen LogP contribution in [-0.2, 0) is 0 Å². The van der Waals surface area contributed by atoms with Gasteiger partial charge in [0.25, 0.3) is 0 Å². The number of benzene rings is 1. The van der Waals surface area contributed by atoms with E-state index in [1.807, 2.05) is 0 Å². The molecule has 1 aromatic carbocycles. The van der Waals surface area contributed by atoms with Crippen molar-refractivity contribution in [2.75, 3.05) is 12.1 Å². The molecule has 0 spiro atoms. The molecule has 0 bridgehead atoms. The van der Waals surface area contributed by atoms with Gasteiger partial charge in [0.05, 0.1) is 5.69 Å². The second kappa shape index (κ2) is 7.86. The molecule has 0 atom stereocenters. The standard InChI is InChI=1S/C9H10BrN3O.CH4O/c10-8-3-7(6-14)4-9(5-8)13(12)2-1-11;1-2/h1-6H,11-12H2;2H,1H3/b2-1-;. The van der Waals surface area contributed by atoms with Gasteiger partial charge in [-0.2, -0.15) is 0 Å². The van der Waals surface area contributed by atoms with Gasteiger partial charge in [-0.1, -0.05) is 15.9 Å². The molecule has 0 aliphatic heterocycles. The molecule has 1 aromatic rings. The molecule has 6 heteroatoms. The molecule has 0 saturated carbocycles. The minimum Gasteiger partial charge on any atom is -0.403 e. The summed E-state index contributed by atoms with van der Waals surface area (Å²) in [5.74, 6) is 5.63. The normalized spacial score (nSPS) is 9.50. The fourth-order valence-electron chi connectivity index (χ4n) is 0.992. The van der Waals surface area contributed by atoms with Gasteiger partial charge in [0.15, 0.2) is 0 Å². The summed E-state index contributed by atoms with van der Waals surface area (Å²) >= 11 is 3.28. The van der Waals surface area contributed by atoms with Crippen LogP contribution in [0.1, 0.15) is 10.4 Å². The molecule has 0 aliphatic rings. The fraction of sp³-hybridized carbons (Fsp3) is 0.100. The quantitative estimate of drug-likeness (QED) is 0.438. The number of anilines is 1. The topological polar surface area (TPSA) is 92.6 Å². The summed E-state index contributed by atoms with van der Waals surface area (Å²) in [4.78, 5) is 10.6. The number of nitrogens with two attached hydrogens (primary N) is 2. The number of nitrogens with zero attached hydrogens (tertiary/aromatic N) is 1. The van der Waals surface area contributed by atoms with Gasteiger partial charge in [0.2, 0.25) is 0 Å². The fourth-order valence-corrected chi connectivity index (χ4v) is 1.49. The van der Waals surface area contributed by atoms with Crippen molar-refractivity contribution in [2.24, 2.45) is 11.6 Å². The van der Waals surface area contributed by atoms with Gasteiger partial charge < -0.3 is 10.8 Å². The van der Waals surface area contributed by atoms with Crippen LogP contribution in [0.4, 0.5) is 5.69 Å². The zero-order chi connectivity index (χ0) is 12.6. The lowest BCUT2D eigenvalue weighted by Crippen LogP contribution is -2.24. The Kier molecular flexibility index (Phi) is 7.19. The largest absolute Gasteiger partial charge is 0.403 e. The van der Waals surface area contributed by atoms with E-state index in [1.165, 1.54) is 17.4 Å². The van der Waals surface area contributed by atoms with Crippen LogP contribution in [0.5, 0.6) is 0 Å². The number of rotatable bonds is 3. The molecule has 0 aromatic heterocycles. The van der Waals surface area contributed by atoms with E-state index >= 15 is 0 Å². The Balaban J connectivity index is 0.00000106. The lowest BCUT2D eigenvalue weighted by Gasteiger charge is -2.13. The van der Waals surface area contributed by atoms with Crippen molar-refractivity contribution in [3.05, 3.63) is 40.6 Å². The maximum atomic E-state index is 10.6. The van der Waals surface area contributed by atoms with Crippen LogP contribution in [0.3, 0.4) is 0 Å². The van der Waals surface area contributed by atoms with Crippen LogP contribution in [0, 0.1) is 0 Å². The van der Waals surface area contributed by atoms with E-state index in [1.54, 1.807) is 18.2 Å². The zero-order valence-corrected chi connectivity index (χ0v) is 10.4. The zero-order valence-electron chi connectivity index (χ0n) is 8.80. The lowest BCUT2D eigenvalue weighted by atomic mass is 10.2. The molecule has 88 valence electrons. The molecule has 0 heterocycles. The second-order valence-corrected chi connectivity index (χ2v) is 3.53. The summed E-state index contributed by atoms with van der Waals surface area (Å²) in [6.45, 7) is 0. The van der Waals surface area contributed by atoms with E-state index in [0.717, 1.165) is 17.9 Å². The van der Waals surface area contributed by atoms with Crippen LogP contribution >= 0.6 is 15.9 Å². The number of aliphatic hydroxyl groups excluding tert-OH is 1. The van der Waals surface area contributed by atoms with Gasteiger partial charge in [-0.25, -0.2) is 5.84 Å². The SMILES string of the molecule is CO.N/C=C\N(N)c1cc(Br)cc(C=O)c1. The summed E-state index contributed by atoms with van der Waals surface area (Å²) in [5, 5.41) is 8.33. The lowest BCUT2D eigenvalue weighted by molar-refractivity contribution is 0.112. The Morgan fingerprint density at radius 3 is 2.50 bits per heavy atom. The Morgan fingerprint density at radius 2 is 2.00 bits per heavy atom. The average Bonchev–Trinajstić information content (AvgIpc) is 2.31. The molecule has 0 unspecified atom stereocenters. The van der Waals surface area contributed by atoms with E-state index in [2.05, 4.69) is 15.9 Å². The maximum absolute atomic E-state index is 10.6. The first-order chi connectivity index (χ1) is 7.67. The van der Waals surface area contributed by atoms with Crippen LogP contribution in [0.25, 0.3) is 0 Å². The second-order valence-electron chi connectivity index (χ2n) is 2.61. The van der Waals surface area contributed by atoms with Crippen molar-refractivity contribution in [1.29, 1.82) is 0 Å². The first kappa shape index (κ1) is 14.6. The molecule has 5 N–H and O–H groups in total. The number of hydrogen-bond donors (Lipinski definition) is 3. The number of hydrazine groups is 1. The van der Waals surface area contributed by atoms with E-state index in [-0.39, 0.29) is 0 Å². The predicted molar refractivity (Wildman–Crippen MR) is 67.7 cm³/mol. The molecular weight excluding hydrogens is 274 g/mol. The van der Waals surface area contributed by atoms with Crippen LogP contribution in [0.15, 0.2) is 35.1 Å². The molecule has 0 amide bonds. The third kappa shape index (κ3) is 4.43. The van der Waals surface area contributed by atoms with Crippen molar-refractivity contribution in [2.45, 2.75) is 0 Å². The number of aliphatic hydroxyl groups is 1. The van der Waals surface area contributed by atoms with Gasteiger partial charge in [-0.3, -0.25) is 9.80 Å². The van der Waals surface area contributed by atoms with E-state index in [0.29, 0.717) is 11.3 Å². The van der Waals surface area contributed by atoms with Crippen molar-refractivity contribution in [1.82, 2.24) is 0 Å². The number of carbonyl (C=O) groups excluding carboxylic acids is 1. The monoisotopic (exact) mass is 287 g/mol. The number of hydrogen-bond acceptors (Lipinski definition) is 5. The smallest absolute Gasteiger partial charge is 0.150 e. The Hall–Kier alpha value is -1.37. The van der Waals surface area contributed by atoms with Gasteiger partial charge in [-0.15, -0.1) is 0 Å². The maximum Gasteiger partial charge on any atom is 0.150 e. The molecule has 1 rings (SSSR count). The molecule has 0 aliphatic carbocycles. The Labute approximate surface area is 102 Å². The van der Waals surface area contributed by atoms with Gasteiger partial charge in [0.1, 0.15) is 6.29 Å². The molecular formula is C10H14BrN3O2. The van der Waals surface area contributed by atoms with Crippen LogP contribution in [0.2, 0.25) is 0 Å². The van der Waals surface area contributed by atoms with E-state index < -0.39 is 0 Å². The number of aldehydes is 1. The molecule has 5 nitrogen and oxygen atoms in total. The first-order valence-electron chi connectivity index (χ1n) is 4.30. The van der Waals surface area contributed by atoms with Gasteiger partial charge in [0, 0.05) is 29.5 Å². The average molecular weight is 288 g/mol. The molecule has 16 heavy (non-hydrogen) atoms. The van der Waals surface area contributed by atoms with E-state index in [9.17, 15) is 4.79 Å². The van der Waals surface area contributed by atoms with E-state index in [4.69, 9.17) is 16.7 Å². The summed E-state index contributed by atoms with van der Waals surface area (Å²) in [5.41, 5.74) is 6.43. The molecule has 0 saturated heterocycles. The van der Waals surface area contributed by atoms with Crippen LogP contribution < -0.4 is 16.6 Å². The van der Waals surface area contributed by atoms with Gasteiger partial charge >= 0.3 is 0 Å². The highest BCUT2D eigenvalue weighted by atomic mass is 79.9. The highest BCUT2D eigenvalue weighted by molar-refractivity contribution is 9.10. The van der Waals surface area contributed by atoms with Crippen molar-refractivity contribution < 1.29 is 9.90 Å². The first-order valence-corrected chi connectivity index (χ1v) is 5.09. The summed E-state index contributed by atoms with van der Waals surface area (Å²) in [6, 6.07) is 5.15. The number of halogens is 1. The molecule has 0 radical (unpaired) electrons. The summed E-state index contributed by atoms with van der Waals surface area (Å²) in [6.07, 6.45) is 3.58.